The Morgan fingerprint density at radius 3 is 2.72 bits per heavy atom. The number of nitrogens with one attached hydrogen (secondary N) is 1. The Hall–Kier alpha value is -1.90. The van der Waals surface area contributed by atoms with E-state index in [0.717, 1.165) is 50.0 Å². The molecule has 130 valence electrons. The summed E-state index contributed by atoms with van der Waals surface area (Å²) in [5, 5.41) is 13.3. The van der Waals surface area contributed by atoms with E-state index in [9.17, 15) is 0 Å². The molecule has 0 aliphatic carbocycles. The normalized spacial score (nSPS) is 16.3. The van der Waals surface area contributed by atoms with Crippen molar-refractivity contribution in [2.45, 2.75) is 12.6 Å². The van der Waals surface area contributed by atoms with Gasteiger partial charge in [0.25, 0.3) is 0 Å². The molecule has 0 aromatic heterocycles. The molecule has 4 nitrogen and oxygen atoms in total. The maximum absolute atomic E-state index is 9.02. The van der Waals surface area contributed by atoms with Crippen LogP contribution in [-0.4, -0.2) is 37.7 Å². The monoisotopic (exact) mass is 355 g/mol. The van der Waals surface area contributed by atoms with Crippen molar-refractivity contribution in [3.05, 3.63) is 70.2 Å². The van der Waals surface area contributed by atoms with Crippen LogP contribution in [0.2, 0.25) is 5.02 Å². The SMILES string of the molecule is N#Cc1cccc(CNCC(c2cccc(Cl)c2)N2CCOCC2)c1. The van der Waals surface area contributed by atoms with Gasteiger partial charge in [-0.25, -0.2) is 0 Å². The zero-order chi connectivity index (χ0) is 17.5. The zero-order valence-electron chi connectivity index (χ0n) is 14.1. The van der Waals surface area contributed by atoms with Crippen LogP contribution in [0.25, 0.3) is 0 Å². The van der Waals surface area contributed by atoms with Gasteiger partial charge in [0, 0.05) is 37.2 Å². The second-order valence-corrected chi connectivity index (χ2v) is 6.60. The van der Waals surface area contributed by atoms with Crippen LogP contribution in [0.4, 0.5) is 0 Å². The van der Waals surface area contributed by atoms with Gasteiger partial charge in [0.15, 0.2) is 0 Å². The van der Waals surface area contributed by atoms with Gasteiger partial charge in [-0.15, -0.1) is 0 Å². The predicted octanol–water partition coefficient (Wildman–Crippen LogP) is 3.37. The standard InChI is InChI=1S/C20H22ClN3O/c21-19-6-2-5-18(12-19)20(24-7-9-25-10-8-24)15-23-14-17-4-1-3-16(11-17)13-22/h1-6,11-12,20,23H,7-10,14-15H2. The molecule has 1 aliphatic heterocycles. The Bertz CT molecular complexity index is 738. The van der Waals surface area contributed by atoms with E-state index in [0.29, 0.717) is 5.56 Å². The number of nitriles is 1. The molecular formula is C20H22ClN3O. The summed E-state index contributed by atoms with van der Waals surface area (Å²) in [6, 6.07) is 18.2. The van der Waals surface area contributed by atoms with Gasteiger partial charge < -0.3 is 10.1 Å². The van der Waals surface area contributed by atoms with E-state index in [1.165, 1.54) is 5.56 Å². The highest BCUT2D eigenvalue weighted by Crippen LogP contribution is 2.24. The van der Waals surface area contributed by atoms with E-state index >= 15 is 0 Å². The number of halogens is 1. The average molecular weight is 356 g/mol. The van der Waals surface area contributed by atoms with Crippen LogP contribution in [-0.2, 0) is 11.3 Å². The molecule has 2 aromatic rings. The number of rotatable bonds is 6. The third-order valence-corrected chi connectivity index (χ3v) is 4.68. The Labute approximate surface area is 154 Å². The molecular weight excluding hydrogens is 334 g/mol. The summed E-state index contributed by atoms with van der Waals surface area (Å²) in [4.78, 5) is 2.44. The minimum atomic E-state index is 0.252. The fraction of sp³-hybridized carbons (Fsp3) is 0.350. The summed E-state index contributed by atoms with van der Waals surface area (Å²) in [7, 11) is 0. The van der Waals surface area contributed by atoms with E-state index in [1.54, 1.807) is 0 Å². The second-order valence-electron chi connectivity index (χ2n) is 6.16. The molecule has 1 saturated heterocycles. The van der Waals surface area contributed by atoms with Crippen molar-refractivity contribution in [2.75, 3.05) is 32.8 Å². The molecule has 0 spiro atoms. The fourth-order valence-corrected chi connectivity index (χ4v) is 3.36. The molecule has 3 rings (SSSR count). The first-order valence-electron chi connectivity index (χ1n) is 8.53. The van der Waals surface area contributed by atoms with Crippen LogP contribution in [0.3, 0.4) is 0 Å². The molecule has 1 heterocycles. The highest BCUT2D eigenvalue weighted by Gasteiger charge is 2.22. The van der Waals surface area contributed by atoms with Gasteiger partial charge in [0.05, 0.1) is 24.8 Å². The third-order valence-electron chi connectivity index (χ3n) is 4.44. The quantitative estimate of drug-likeness (QED) is 0.863. The van der Waals surface area contributed by atoms with Gasteiger partial charge >= 0.3 is 0 Å². The van der Waals surface area contributed by atoms with Gasteiger partial charge in [0.1, 0.15) is 0 Å². The minimum Gasteiger partial charge on any atom is -0.379 e. The lowest BCUT2D eigenvalue weighted by Crippen LogP contribution is -2.42. The van der Waals surface area contributed by atoms with Gasteiger partial charge in [-0.1, -0.05) is 35.9 Å². The maximum Gasteiger partial charge on any atom is 0.0991 e. The topological polar surface area (TPSA) is 48.3 Å². The summed E-state index contributed by atoms with van der Waals surface area (Å²) in [5.41, 5.74) is 3.03. The van der Waals surface area contributed by atoms with Crippen LogP contribution in [0.1, 0.15) is 22.7 Å². The molecule has 1 fully saturated rings. The van der Waals surface area contributed by atoms with E-state index in [1.807, 2.05) is 42.5 Å². The largest absolute Gasteiger partial charge is 0.379 e. The first-order valence-corrected chi connectivity index (χ1v) is 8.91. The van der Waals surface area contributed by atoms with Crippen LogP contribution in [0.5, 0.6) is 0 Å². The molecule has 1 unspecified atom stereocenters. The third kappa shape index (κ3) is 5.04. The van der Waals surface area contributed by atoms with E-state index in [2.05, 4.69) is 22.4 Å². The molecule has 1 aliphatic rings. The van der Waals surface area contributed by atoms with Gasteiger partial charge in [-0.05, 0) is 35.4 Å². The first-order chi connectivity index (χ1) is 12.3. The van der Waals surface area contributed by atoms with Crippen LogP contribution in [0, 0.1) is 11.3 Å². The number of ether oxygens (including phenoxy) is 1. The summed E-state index contributed by atoms with van der Waals surface area (Å²) in [6.45, 7) is 4.92. The van der Waals surface area contributed by atoms with Crippen molar-refractivity contribution in [3.63, 3.8) is 0 Å². The predicted molar refractivity (Wildman–Crippen MR) is 99.4 cm³/mol. The lowest BCUT2D eigenvalue weighted by atomic mass is 10.0. The number of hydrogen-bond acceptors (Lipinski definition) is 4. The van der Waals surface area contributed by atoms with Crippen molar-refractivity contribution in [2.24, 2.45) is 0 Å². The maximum atomic E-state index is 9.02. The molecule has 0 saturated carbocycles. The van der Waals surface area contributed by atoms with E-state index in [4.69, 9.17) is 21.6 Å². The highest BCUT2D eigenvalue weighted by molar-refractivity contribution is 6.30. The van der Waals surface area contributed by atoms with Crippen molar-refractivity contribution in [1.82, 2.24) is 10.2 Å². The number of morpholine rings is 1. The summed E-state index contributed by atoms with van der Waals surface area (Å²) >= 11 is 6.20. The van der Waals surface area contributed by atoms with Crippen LogP contribution < -0.4 is 5.32 Å². The zero-order valence-corrected chi connectivity index (χ0v) is 14.9. The van der Waals surface area contributed by atoms with Crippen LogP contribution >= 0.6 is 11.6 Å². The van der Waals surface area contributed by atoms with Gasteiger partial charge in [0.2, 0.25) is 0 Å². The number of hydrogen-bond donors (Lipinski definition) is 1. The molecule has 0 amide bonds. The van der Waals surface area contributed by atoms with Crippen molar-refractivity contribution >= 4 is 11.6 Å². The number of nitrogens with zero attached hydrogens (tertiary/aromatic N) is 2. The van der Waals surface area contributed by atoms with E-state index < -0.39 is 0 Å². The Morgan fingerprint density at radius 1 is 1.16 bits per heavy atom. The highest BCUT2D eigenvalue weighted by atomic mass is 35.5. The first kappa shape index (κ1) is 17.9. The molecule has 5 heteroatoms. The summed E-state index contributed by atoms with van der Waals surface area (Å²) in [6.07, 6.45) is 0. The van der Waals surface area contributed by atoms with Crippen molar-refractivity contribution in [3.8, 4) is 6.07 Å². The van der Waals surface area contributed by atoms with Gasteiger partial charge in [-0.3, -0.25) is 4.90 Å². The molecule has 2 aromatic carbocycles. The molecule has 0 bridgehead atoms. The molecule has 1 atom stereocenters. The Morgan fingerprint density at radius 2 is 1.96 bits per heavy atom. The van der Waals surface area contributed by atoms with Gasteiger partial charge in [-0.2, -0.15) is 5.26 Å². The Kier molecular flexibility index (Phi) is 6.43. The van der Waals surface area contributed by atoms with E-state index in [-0.39, 0.29) is 6.04 Å². The lowest BCUT2D eigenvalue weighted by Gasteiger charge is -2.35. The summed E-state index contributed by atoms with van der Waals surface area (Å²) < 4.78 is 5.49. The number of benzene rings is 2. The molecule has 0 radical (unpaired) electrons. The lowest BCUT2D eigenvalue weighted by molar-refractivity contribution is 0.0161. The van der Waals surface area contributed by atoms with Crippen LogP contribution in [0.15, 0.2) is 48.5 Å². The fourth-order valence-electron chi connectivity index (χ4n) is 3.16. The summed E-state index contributed by atoms with van der Waals surface area (Å²) in [5.74, 6) is 0. The average Bonchev–Trinajstić information content (AvgIpc) is 2.66. The molecule has 1 N–H and O–H groups in total. The Balaban J connectivity index is 1.68. The second kappa shape index (κ2) is 8.98. The van der Waals surface area contributed by atoms with Crippen molar-refractivity contribution in [1.29, 1.82) is 5.26 Å². The van der Waals surface area contributed by atoms with Crippen molar-refractivity contribution < 1.29 is 4.74 Å². The molecule has 25 heavy (non-hydrogen) atoms. The minimum absolute atomic E-state index is 0.252. The smallest absolute Gasteiger partial charge is 0.0991 e.